The molecule has 0 bridgehead atoms. The molecule has 3 aromatic rings. The first-order chi connectivity index (χ1) is 18.8. The molecule has 0 radical (unpaired) electrons. The van der Waals surface area contributed by atoms with E-state index in [1.165, 1.54) is 5.56 Å². The fourth-order valence-electron chi connectivity index (χ4n) is 5.48. The zero-order valence-corrected chi connectivity index (χ0v) is 24.0. The van der Waals surface area contributed by atoms with E-state index in [2.05, 4.69) is 40.8 Å². The summed E-state index contributed by atoms with van der Waals surface area (Å²) in [6.07, 6.45) is 5.03. The molecule has 0 unspecified atom stereocenters. The summed E-state index contributed by atoms with van der Waals surface area (Å²) in [7, 11) is 0. The Balaban J connectivity index is 1.23. The van der Waals surface area contributed by atoms with Crippen LogP contribution < -0.4 is 4.74 Å². The van der Waals surface area contributed by atoms with Crippen LogP contribution in [0.15, 0.2) is 49.1 Å². The number of nitrogens with zero attached hydrogens (tertiary/aromatic N) is 4. The van der Waals surface area contributed by atoms with E-state index in [9.17, 15) is 5.11 Å². The number of rotatable bonds is 10. The van der Waals surface area contributed by atoms with Gasteiger partial charge in [-0.15, -0.1) is 0 Å². The second kappa shape index (κ2) is 12.6. The van der Waals surface area contributed by atoms with Gasteiger partial charge in [-0.1, -0.05) is 41.4 Å². The van der Waals surface area contributed by atoms with Gasteiger partial charge >= 0.3 is 0 Å². The molecule has 2 aromatic carbocycles. The summed E-state index contributed by atoms with van der Waals surface area (Å²) in [5, 5.41) is 10.2. The highest BCUT2D eigenvalue weighted by molar-refractivity contribution is 6.35. The maximum absolute atomic E-state index is 9.17. The van der Waals surface area contributed by atoms with Crippen LogP contribution in [-0.4, -0.2) is 83.1 Å². The fraction of sp³-hybridized carbons (Fsp3) is 0.483. The van der Waals surface area contributed by atoms with Crippen LogP contribution in [0.2, 0.25) is 10.0 Å². The summed E-state index contributed by atoms with van der Waals surface area (Å²) in [6.45, 7) is 11.2. The van der Waals surface area contributed by atoms with Gasteiger partial charge in [0.15, 0.2) is 0 Å². The Morgan fingerprint density at radius 2 is 1.82 bits per heavy atom. The summed E-state index contributed by atoms with van der Waals surface area (Å²) < 4.78 is 21.1. The number of aromatic nitrogens is 2. The molecule has 2 aliphatic heterocycles. The van der Waals surface area contributed by atoms with E-state index >= 15 is 0 Å². The van der Waals surface area contributed by atoms with Crippen LogP contribution >= 0.6 is 23.2 Å². The molecule has 0 saturated carbocycles. The Kier molecular flexibility index (Phi) is 9.13. The largest absolute Gasteiger partial charge is 0.490 e. The quantitative estimate of drug-likeness (QED) is 0.388. The topological polar surface area (TPSA) is 72.2 Å². The first-order valence-corrected chi connectivity index (χ1v) is 14.1. The molecule has 0 spiro atoms. The number of imidazole rings is 1. The molecule has 1 aromatic heterocycles. The molecule has 5 rings (SSSR count). The number of aliphatic hydroxyl groups is 1. The lowest BCUT2D eigenvalue weighted by molar-refractivity contribution is -0.189. The van der Waals surface area contributed by atoms with Crippen LogP contribution in [0.25, 0.3) is 0 Å². The van der Waals surface area contributed by atoms with E-state index < -0.39 is 5.79 Å². The molecule has 0 aliphatic carbocycles. The average Bonchev–Trinajstić information content (AvgIpc) is 3.55. The number of aryl methyl sites for hydroxylation is 2. The third-order valence-corrected chi connectivity index (χ3v) is 7.92. The van der Waals surface area contributed by atoms with Crippen molar-refractivity contribution in [1.82, 2.24) is 19.4 Å². The average molecular weight is 576 g/mol. The minimum atomic E-state index is -1.08. The molecule has 3 heterocycles. The maximum Gasteiger partial charge on any atom is 0.215 e. The van der Waals surface area contributed by atoms with E-state index in [1.54, 1.807) is 24.7 Å². The van der Waals surface area contributed by atoms with Gasteiger partial charge in [0.1, 0.15) is 18.5 Å². The van der Waals surface area contributed by atoms with Crippen molar-refractivity contribution in [3.05, 3.63) is 81.4 Å². The van der Waals surface area contributed by atoms with E-state index in [0.29, 0.717) is 29.8 Å². The fourth-order valence-corrected chi connectivity index (χ4v) is 6.03. The van der Waals surface area contributed by atoms with Crippen molar-refractivity contribution in [2.75, 3.05) is 52.5 Å². The third kappa shape index (κ3) is 6.77. The van der Waals surface area contributed by atoms with Gasteiger partial charge in [-0.3, -0.25) is 9.80 Å². The minimum absolute atomic E-state index is 0.221. The van der Waals surface area contributed by atoms with Crippen LogP contribution in [0.3, 0.4) is 0 Å². The predicted molar refractivity (Wildman–Crippen MR) is 151 cm³/mol. The van der Waals surface area contributed by atoms with Crippen LogP contribution in [0.5, 0.6) is 5.75 Å². The predicted octanol–water partition coefficient (Wildman–Crippen LogP) is 4.26. The van der Waals surface area contributed by atoms with Crippen molar-refractivity contribution >= 4 is 23.2 Å². The van der Waals surface area contributed by atoms with Gasteiger partial charge in [0.2, 0.25) is 5.79 Å². The van der Waals surface area contributed by atoms with Gasteiger partial charge in [-0.25, -0.2) is 4.98 Å². The summed E-state index contributed by atoms with van der Waals surface area (Å²) >= 11 is 12.7. The van der Waals surface area contributed by atoms with Crippen molar-refractivity contribution < 1.29 is 19.3 Å². The Labute approximate surface area is 240 Å². The summed E-state index contributed by atoms with van der Waals surface area (Å²) in [5.41, 5.74) is 4.21. The number of benzene rings is 2. The monoisotopic (exact) mass is 574 g/mol. The molecule has 8 nitrogen and oxygen atoms in total. The van der Waals surface area contributed by atoms with E-state index in [1.807, 2.05) is 16.8 Å². The standard InChI is InChI=1S/C29H36Cl2N4O4/c1-21-13-23(16-34-9-7-33(8-10-34)11-12-36)14-22(2)28(21)37-17-25-18-38-29(39-25,19-35-6-5-32-20-35)26-4-3-24(30)15-27(26)31/h3-6,13-15,20,25,36H,7-12,16-19H2,1-2H3/t25-,29-/m1/s1. The number of piperazine rings is 1. The summed E-state index contributed by atoms with van der Waals surface area (Å²) in [6, 6.07) is 9.77. The summed E-state index contributed by atoms with van der Waals surface area (Å²) in [4.78, 5) is 8.93. The Morgan fingerprint density at radius 3 is 2.49 bits per heavy atom. The molecule has 39 heavy (non-hydrogen) atoms. The van der Waals surface area contributed by atoms with Crippen LogP contribution in [0.1, 0.15) is 22.3 Å². The Bertz CT molecular complexity index is 1230. The van der Waals surface area contributed by atoms with Crippen LogP contribution in [0, 0.1) is 13.8 Å². The highest BCUT2D eigenvalue weighted by Crippen LogP contribution is 2.41. The molecular weight excluding hydrogens is 539 g/mol. The van der Waals surface area contributed by atoms with Crippen LogP contribution in [-0.2, 0) is 28.4 Å². The maximum atomic E-state index is 9.17. The zero-order valence-electron chi connectivity index (χ0n) is 22.5. The molecule has 2 fully saturated rings. The van der Waals surface area contributed by atoms with Gasteiger partial charge in [0, 0.05) is 62.2 Å². The first kappa shape index (κ1) is 28.4. The highest BCUT2D eigenvalue weighted by atomic mass is 35.5. The van der Waals surface area contributed by atoms with Gasteiger partial charge in [-0.2, -0.15) is 0 Å². The number of halogens is 2. The SMILES string of the molecule is Cc1cc(CN2CCN(CCO)CC2)cc(C)c1OC[C@@H]1CO[C@@](Cn2ccnc2)(c2ccc(Cl)cc2Cl)O1. The molecular formula is C29H36Cl2N4O4. The van der Waals surface area contributed by atoms with Gasteiger partial charge in [-0.05, 0) is 42.7 Å². The Morgan fingerprint density at radius 1 is 1.08 bits per heavy atom. The summed E-state index contributed by atoms with van der Waals surface area (Å²) in [5.74, 6) is -0.197. The molecule has 2 aliphatic rings. The zero-order chi connectivity index (χ0) is 27.4. The van der Waals surface area contributed by atoms with Crippen LogP contribution in [0.4, 0.5) is 0 Å². The molecule has 0 amide bonds. The van der Waals surface area contributed by atoms with E-state index in [0.717, 1.165) is 61.7 Å². The number of ether oxygens (including phenoxy) is 3. The lowest BCUT2D eigenvalue weighted by atomic mass is 10.0. The lowest BCUT2D eigenvalue weighted by Gasteiger charge is -2.34. The molecule has 2 saturated heterocycles. The lowest BCUT2D eigenvalue weighted by Crippen LogP contribution is -2.46. The number of β-amino-alcohol motifs (C(OH)–C–C–N with tert-alkyl or cyclic N) is 1. The molecule has 1 N–H and O–H groups in total. The van der Waals surface area contributed by atoms with Crippen molar-refractivity contribution in [3.63, 3.8) is 0 Å². The van der Waals surface area contributed by atoms with Crippen molar-refractivity contribution in [1.29, 1.82) is 0 Å². The van der Waals surface area contributed by atoms with E-state index in [-0.39, 0.29) is 12.7 Å². The minimum Gasteiger partial charge on any atom is -0.490 e. The van der Waals surface area contributed by atoms with E-state index in [4.69, 9.17) is 37.4 Å². The second-order valence-electron chi connectivity index (χ2n) is 10.4. The number of aliphatic hydroxyl groups excluding tert-OH is 1. The highest BCUT2D eigenvalue weighted by Gasteiger charge is 2.45. The molecule has 210 valence electrons. The van der Waals surface area contributed by atoms with Crippen molar-refractivity contribution in [2.24, 2.45) is 0 Å². The number of hydrogen-bond donors (Lipinski definition) is 1. The number of hydrogen-bond acceptors (Lipinski definition) is 7. The normalized spacial score (nSPS) is 22.4. The van der Waals surface area contributed by atoms with Gasteiger partial charge < -0.3 is 23.9 Å². The van der Waals surface area contributed by atoms with Gasteiger partial charge in [0.25, 0.3) is 0 Å². The Hall–Kier alpha value is -2.17. The molecule has 10 heteroatoms. The van der Waals surface area contributed by atoms with Crippen molar-refractivity contribution in [2.45, 2.75) is 38.8 Å². The third-order valence-electron chi connectivity index (χ3n) is 7.37. The smallest absolute Gasteiger partial charge is 0.215 e. The van der Waals surface area contributed by atoms with Gasteiger partial charge in [0.05, 0.1) is 31.1 Å². The van der Waals surface area contributed by atoms with Crippen molar-refractivity contribution in [3.8, 4) is 5.75 Å². The first-order valence-electron chi connectivity index (χ1n) is 13.4. The molecule has 2 atom stereocenters. The second-order valence-corrected chi connectivity index (χ2v) is 11.2.